The molecule has 138 valence electrons. The Kier molecular flexibility index (Phi) is 7.10. The lowest BCUT2D eigenvalue weighted by molar-refractivity contribution is -0.135. The van der Waals surface area contributed by atoms with E-state index >= 15 is 0 Å². The Bertz CT molecular complexity index is 564. The Morgan fingerprint density at radius 2 is 1.84 bits per heavy atom. The number of carbonyl (C=O) groups excluding carboxylic acids is 2. The number of likely N-dealkylation sites (tertiary alicyclic amines) is 1. The molecule has 2 N–H and O–H groups in total. The van der Waals surface area contributed by atoms with Crippen molar-refractivity contribution in [1.29, 1.82) is 0 Å². The first-order valence-electron chi connectivity index (χ1n) is 8.95. The molecule has 25 heavy (non-hydrogen) atoms. The van der Waals surface area contributed by atoms with Gasteiger partial charge in [-0.2, -0.15) is 0 Å². The third-order valence-electron chi connectivity index (χ3n) is 4.49. The van der Waals surface area contributed by atoms with Crippen molar-refractivity contribution < 1.29 is 14.3 Å². The van der Waals surface area contributed by atoms with Gasteiger partial charge in [0.15, 0.2) is 0 Å². The zero-order valence-electron chi connectivity index (χ0n) is 15.4. The van der Waals surface area contributed by atoms with Crippen LogP contribution in [0, 0.1) is 5.92 Å². The van der Waals surface area contributed by atoms with Crippen molar-refractivity contribution in [3.63, 3.8) is 0 Å². The largest absolute Gasteiger partial charge is 0.497 e. The molecule has 2 rings (SSSR count). The van der Waals surface area contributed by atoms with Crippen molar-refractivity contribution in [2.45, 2.75) is 39.2 Å². The van der Waals surface area contributed by atoms with Gasteiger partial charge in [0.1, 0.15) is 5.75 Å². The number of rotatable bonds is 6. The normalized spacial score (nSPS) is 15.1. The minimum Gasteiger partial charge on any atom is -0.497 e. The van der Waals surface area contributed by atoms with Crippen LogP contribution in [0.1, 0.15) is 32.3 Å². The van der Waals surface area contributed by atoms with E-state index in [1.54, 1.807) is 7.11 Å². The first kappa shape index (κ1) is 19.1. The second-order valence-electron chi connectivity index (χ2n) is 6.75. The highest BCUT2D eigenvalue weighted by Crippen LogP contribution is 2.13. The van der Waals surface area contributed by atoms with Crippen LogP contribution in [0.15, 0.2) is 24.3 Å². The van der Waals surface area contributed by atoms with Crippen LogP contribution in [0.25, 0.3) is 0 Å². The van der Waals surface area contributed by atoms with Crippen LogP contribution in [0.5, 0.6) is 5.75 Å². The summed E-state index contributed by atoms with van der Waals surface area (Å²) in [5, 5.41) is 5.90. The number of nitrogens with zero attached hydrogens (tertiary/aromatic N) is 1. The predicted octanol–water partition coefficient (Wildman–Crippen LogP) is 2.18. The van der Waals surface area contributed by atoms with Gasteiger partial charge < -0.3 is 20.3 Å². The molecular weight excluding hydrogens is 318 g/mol. The Labute approximate surface area is 149 Å². The molecule has 1 aliphatic heterocycles. The molecule has 1 heterocycles. The standard InChI is InChI=1S/C19H29N3O3/c1-14(2)18(23)22-12-9-16(10-13-22)21-19(24)20-11-8-15-4-6-17(25-3)7-5-15/h4-7,14,16H,8-13H2,1-3H3,(H2,20,21,24). The fourth-order valence-electron chi connectivity index (χ4n) is 2.96. The Morgan fingerprint density at radius 3 is 2.40 bits per heavy atom. The third kappa shape index (κ3) is 5.96. The minimum atomic E-state index is -0.137. The van der Waals surface area contributed by atoms with Crippen LogP contribution >= 0.6 is 0 Å². The molecular formula is C19H29N3O3. The average Bonchev–Trinajstić information content (AvgIpc) is 2.62. The van der Waals surface area contributed by atoms with Crippen LogP contribution in [0.4, 0.5) is 4.79 Å². The van der Waals surface area contributed by atoms with Gasteiger partial charge in [-0.25, -0.2) is 4.79 Å². The van der Waals surface area contributed by atoms with E-state index < -0.39 is 0 Å². The second-order valence-corrected chi connectivity index (χ2v) is 6.75. The third-order valence-corrected chi connectivity index (χ3v) is 4.49. The number of urea groups is 1. The van der Waals surface area contributed by atoms with E-state index in [0.29, 0.717) is 19.6 Å². The van der Waals surface area contributed by atoms with Gasteiger partial charge in [-0.05, 0) is 37.0 Å². The molecule has 0 atom stereocenters. The molecule has 1 saturated heterocycles. The lowest BCUT2D eigenvalue weighted by Crippen LogP contribution is -2.50. The molecule has 0 aromatic heterocycles. The van der Waals surface area contributed by atoms with Gasteiger partial charge in [0.25, 0.3) is 0 Å². The van der Waals surface area contributed by atoms with Gasteiger partial charge in [-0.15, -0.1) is 0 Å². The Balaban J connectivity index is 1.65. The molecule has 1 aromatic rings. The average molecular weight is 347 g/mol. The maximum Gasteiger partial charge on any atom is 0.315 e. The van der Waals surface area contributed by atoms with E-state index in [0.717, 1.165) is 30.6 Å². The lowest BCUT2D eigenvalue weighted by Gasteiger charge is -2.33. The smallest absolute Gasteiger partial charge is 0.315 e. The summed E-state index contributed by atoms with van der Waals surface area (Å²) in [4.78, 5) is 25.9. The summed E-state index contributed by atoms with van der Waals surface area (Å²) < 4.78 is 5.13. The van der Waals surface area contributed by atoms with Gasteiger partial charge in [0.05, 0.1) is 7.11 Å². The van der Waals surface area contributed by atoms with Gasteiger partial charge in [0, 0.05) is 31.6 Å². The summed E-state index contributed by atoms with van der Waals surface area (Å²) >= 11 is 0. The molecule has 3 amide bonds. The van der Waals surface area contributed by atoms with Crippen LogP contribution in [-0.4, -0.2) is 49.6 Å². The monoisotopic (exact) mass is 347 g/mol. The van der Waals surface area contributed by atoms with Crippen LogP contribution in [0.3, 0.4) is 0 Å². The van der Waals surface area contributed by atoms with Crippen LogP contribution < -0.4 is 15.4 Å². The summed E-state index contributed by atoms with van der Waals surface area (Å²) in [6, 6.07) is 7.84. The number of piperidine rings is 1. The van der Waals surface area contributed by atoms with Gasteiger partial charge >= 0.3 is 6.03 Å². The number of carbonyl (C=O) groups is 2. The van der Waals surface area contributed by atoms with Crippen molar-refractivity contribution in [3.05, 3.63) is 29.8 Å². The predicted molar refractivity (Wildman–Crippen MR) is 97.7 cm³/mol. The molecule has 6 heteroatoms. The highest BCUT2D eigenvalue weighted by molar-refractivity contribution is 5.78. The number of ether oxygens (including phenoxy) is 1. The van der Waals surface area contributed by atoms with Crippen molar-refractivity contribution in [2.75, 3.05) is 26.7 Å². The zero-order chi connectivity index (χ0) is 18.2. The summed E-state index contributed by atoms with van der Waals surface area (Å²) in [6.07, 6.45) is 2.40. The maximum absolute atomic E-state index is 12.0. The van der Waals surface area contributed by atoms with Gasteiger partial charge in [-0.3, -0.25) is 4.79 Å². The molecule has 0 radical (unpaired) electrons. The topological polar surface area (TPSA) is 70.7 Å². The van der Waals surface area contributed by atoms with E-state index in [2.05, 4.69) is 10.6 Å². The number of hydrogen-bond donors (Lipinski definition) is 2. The van der Waals surface area contributed by atoms with Crippen molar-refractivity contribution in [3.8, 4) is 5.75 Å². The van der Waals surface area contributed by atoms with Gasteiger partial charge in [-0.1, -0.05) is 26.0 Å². The van der Waals surface area contributed by atoms with Crippen molar-refractivity contribution >= 4 is 11.9 Å². The number of amides is 3. The number of methoxy groups -OCH3 is 1. The number of hydrogen-bond acceptors (Lipinski definition) is 3. The quantitative estimate of drug-likeness (QED) is 0.829. The van der Waals surface area contributed by atoms with E-state index in [-0.39, 0.29) is 23.9 Å². The first-order valence-corrected chi connectivity index (χ1v) is 8.95. The minimum absolute atomic E-state index is 0.0331. The van der Waals surface area contributed by atoms with Crippen LogP contribution in [-0.2, 0) is 11.2 Å². The zero-order valence-corrected chi connectivity index (χ0v) is 15.4. The Hall–Kier alpha value is -2.24. The molecule has 6 nitrogen and oxygen atoms in total. The van der Waals surface area contributed by atoms with E-state index in [1.165, 1.54) is 0 Å². The molecule has 0 aliphatic carbocycles. The summed E-state index contributed by atoms with van der Waals surface area (Å²) in [7, 11) is 1.64. The highest BCUT2D eigenvalue weighted by atomic mass is 16.5. The van der Waals surface area contributed by atoms with Crippen molar-refractivity contribution in [1.82, 2.24) is 15.5 Å². The van der Waals surface area contributed by atoms with E-state index in [4.69, 9.17) is 4.74 Å². The summed E-state index contributed by atoms with van der Waals surface area (Å²) in [6.45, 7) is 5.86. The molecule has 0 saturated carbocycles. The SMILES string of the molecule is COc1ccc(CCNC(=O)NC2CCN(C(=O)C(C)C)CC2)cc1. The van der Waals surface area contributed by atoms with Gasteiger partial charge in [0.2, 0.25) is 5.91 Å². The number of benzene rings is 1. The molecule has 1 fully saturated rings. The fourth-order valence-corrected chi connectivity index (χ4v) is 2.96. The first-order chi connectivity index (χ1) is 12.0. The van der Waals surface area contributed by atoms with Crippen molar-refractivity contribution in [2.24, 2.45) is 5.92 Å². The molecule has 0 spiro atoms. The second kappa shape index (κ2) is 9.30. The molecule has 1 aromatic carbocycles. The molecule has 0 unspecified atom stereocenters. The maximum atomic E-state index is 12.0. The summed E-state index contributed by atoms with van der Waals surface area (Å²) in [5.74, 6) is 1.06. The summed E-state index contributed by atoms with van der Waals surface area (Å²) in [5.41, 5.74) is 1.15. The fraction of sp³-hybridized carbons (Fsp3) is 0.579. The van der Waals surface area contributed by atoms with E-state index in [9.17, 15) is 9.59 Å². The number of nitrogens with one attached hydrogen (secondary N) is 2. The van der Waals surface area contributed by atoms with Crippen LogP contribution in [0.2, 0.25) is 0 Å². The molecule has 0 bridgehead atoms. The molecule has 1 aliphatic rings. The lowest BCUT2D eigenvalue weighted by atomic mass is 10.0. The van der Waals surface area contributed by atoms with E-state index in [1.807, 2.05) is 43.0 Å². The Morgan fingerprint density at radius 1 is 1.20 bits per heavy atom. The highest BCUT2D eigenvalue weighted by Gasteiger charge is 2.24.